The van der Waals surface area contributed by atoms with E-state index in [-0.39, 0.29) is 6.61 Å². The molecular formula is C9H13BrN2O. The van der Waals surface area contributed by atoms with Gasteiger partial charge in [0.25, 0.3) is 0 Å². The molecule has 2 N–H and O–H groups in total. The molecule has 4 heteroatoms. The van der Waals surface area contributed by atoms with Gasteiger partial charge in [0.1, 0.15) is 10.4 Å². The quantitative estimate of drug-likeness (QED) is 0.839. The first-order valence-electron chi connectivity index (χ1n) is 4.66. The average Bonchev–Trinajstić information content (AvgIpc) is 2.71. The molecule has 0 amide bonds. The molecular weight excluding hydrogens is 232 g/mol. The van der Waals surface area contributed by atoms with Crippen LogP contribution in [-0.2, 0) is 6.61 Å². The van der Waals surface area contributed by atoms with Gasteiger partial charge in [0, 0.05) is 5.92 Å². The number of imidazole rings is 1. The number of nitrogens with one attached hydrogen (secondary N) is 1. The van der Waals surface area contributed by atoms with E-state index in [4.69, 9.17) is 5.11 Å². The lowest BCUT2D eigenvalue weighted by molar-refractivity contribution is 0.276. The monoisotopic (exact) mass is 244 g/mol. The van der Waals surface area contributed by atoms with Gasteiger partial charge in [-0.15, -0.1) is 0 Å². The van der Waals surface area contributed by atoms with Crippen molar-refractivity contribution in [2.75, 3.05) is 0 Å². The Morgan fingerprint density at radius 3 is 2.69 bits per heavy atom. The van der Waals surface area contributed by atoms with Crippen molar-refractivity contribution in [2.24, 2.45) is 0 Å². The average molecular weight is 245 g/mol. The summed E-state index contributed by atoms with van der Waals surface area (Å²) < 4.78 is 0.761. The van der Waals surface area contributed by atoms with E-state index >= 15 is 0 Å². The zero-order valence-corrected chi connectivity index (χ0v) is 8.97. The minimum absolute atomic E-state index is 0.0281. The topological polar surface area (TPSA) is 48.9 Å². The van der Waals surface area contributed by atoms with E-state index in [1.807, 2.05) is 0 Å². The second-order valence-electron chi connectivity index (χ2n) is 3.53. The molecule has 0 unspecified atom stereocenters. The molecule has 1 aromatic rings. The van der Waals surface area contributed by atoms with Crippen molar-refractivity contribution < 1.29 is 5.11 Å². The molecule has 1 heterocycles. The number of nitrogens with zero attached hydrogens (tertiary/aromatic N) is 1. The molecule has 1 saturated carbocycles. The molecule has 0 aliphatic heterocycles. The molecule has 0 radical (unpaired) electrons. The van der Waals surface area contributed by atoms with Gasteiger partial charge in [-0.05, 0) is 28.8 Å². The molecule has 13 heavy (non-hydrogen) atoms. The first kappa shape index (κ1) is 9.21. The lowest BCUT2D eigenvalue weighted by atomic mass is 10.1. The first-order valence-corrected chi connectivity index (χ1v) is 5.45. The Kier molecular flexibility index (Phi) is 2.69. The van der Waals surface area contributed by atoms with Crippen molar-refractivity contribution in [1.29, 1.82) is 0 Å². The van der Waals surface area contributed by atoms with Gasteiger partial charge in [0.2, 0.25) is 0 Å². The zero-order valence-electron chi connectivity index (χ0n) is 7.39. The molecule has 1 aliphatic carbocycles. The van der Waals surface area contributed by atoms with Crippen molar-refractivity contribution in [3.05, 3.63) is 16.1 Å². The van der Waals surface area contributed by atoms with Crippen LogP contribution >= 0.6 is 15.9 Å². The zero-order chi connectivity index (χ0) is 9.26. The number of aliphatic hydroxyl groups is 1. The smallest absolute Gasteiger partial charge is 0.129 e. The summed E-state index contributed by atoms with van der Waals surface area (Å²) in [5, 5.41) is 8.97. The Labute approximate surface area is 85.7 Å². The number of aliphatic hydroxyl groups excluding tert-OH is 1. The third-order valence-electron chi connectivity index (χ3n) is 2.65. The third kappa shape index (κ3) is 1.79. The van der Waals surface area contributed by atoms with Gasteiger partial charge in [-0.1, -0.05) is 12.8 Å². The summed E-state index contributed by atoms with van der Waals surface area (Å²) in [7, 11) is 0. The minimum Gasteiger partial charge on any atom is -0.390 e. The second-order valence-corrected chi connectivity index (χ2v) is 4.28. The van der Waals surface area contributed by atoms with Crippen molar-refractivity contribution in [2.45, 2.75) is 38.2 Å². The fraction of sp³-hybridized carbons (Fsp3) is 0.667. The molecule has 0 saturated heterocycles. The van der Waals surface area contributed by atoms with Gasteiger partial charge in [-0.2, -0.15) is 0 Å². The maximum atomic E-state index is 8.97. The van der Waals surface area contributed by atoms with Gasteiger partial charge < -0.3 is 10.1 Å². The molecule has 0 aromatic carbocycles. The number of hydrogen-bond acceptors (Lipinski definition) is 2. The van der Waals surface area contributed by atoms with Crippen LogP contribution in [0.25, 0.3) is 0 Å². The Morgan fingerprint density at radius 1 is 1.46 bits per heavy atom. The summed E-state index contributed by atoms with van der Waals surface area (Å²) in [6, 6.07) is 0. The molecule has 1 fully saturated rings. The number of aromatic nitrogens is 2. The van der Waals surface area contributed by atoms with E-state index < -0.39 is 0 Å². The highest BCUT2D eigenvalue weighted by Crippen LogP contribution is 2.33. The predicted molar refractivity (Wildman–Crippen MR) is 53.4 cm³/mol. The van der Waals surface area contributed by atoms with E-state index in [2.05, 4.69) is 25.9 Å². The predicted octanol–water partition coefficient (Wildman–Crippen LogP) is 2.32. The van der Waals surface area contributed by atoms with E-state index in [0.29, 0.717) is 5.92 Å². The van der Waals surface area contributed by atoms with Crippen LogP contribution in [0.3, 0.4) is 0 Å². The Bertz CT molecular complexity index is 292. The van der Waals surface area contributed by atoms with Crippen molar-refractivity contribution in [1.82, 2.24) is 9.97 Å². The van der Waals surface area contributed by atoms with Crippen LogP contribution in [0.5, 0.6) is 0 Å². The van der Waals surface area contributed by atoms with E-state index in [1.165, 1.54) is 25.7 Å². The molecule has 1 aromatic heterocycles. The second kappa shape index (κ2) is 3.80. The van der Waals surface area contributed by atoms with Gasteiger partial charge in [0.15, 0.2) is 0 Å². The highest BCUT2D eigenvalue weighted by Gasteiger charge is 2.21. The Hall–Kier alpha value is -0.350. The van der Waals surface area contributed by atoms with Crippen LogP contribution < -0.4 is 0 Å². The van der Waals surface area contributed by atoms with Crippen molar-refractivity contribution in [3.63, 3.8) is 0 Å². The van der Waals surface area contributed by atoms with Crippen molar-refractivity contribution in [3.8, 4) is 0 Å². The normalized spacial score (nSPS) is 18.3. The Morgan fingerprint density at radius 2 is 2.15 bits per heavy atom. The number of halogens is 1. The van der Waals surface area contributed by atoms with E-state index in [9.17, 15) is 0 Å². The van der Waals surface area contributed by atoms with Gasteiger partial charge in [0.05, 0.1) is 12.3 Å². The maximum Gasteiger partial charge on any atom is 0.129 e. The van der Waals surface area contributed by atoms with Crippen LogP contribution in [0.4, 0.5) is 0 Å². The summed E-state index contributed by atoms with van der Waals surface area (Å²) in [4.78, 5) is 7.53. The van der Waals surface area contributed by atoms with Crippen LogP contribution in [-0.4, -0.2) is 15.1 Å². The summed E-state index contributed by atoms with van der Waals surface area (Å²) >= 11 is 3.32. The summed E-state index contributed by atoms with van der Waals surface area (Å²) in [5.41, 5.74) is 0.793. The van der Waals surface area contributed by atoms with Crippen LogP contribution in [0.15, 0.2) is 4.60 Å². The van der Waals surface area contributed by atoms with Crippen LogP contribution in [0, 0.1) is 0 Å². The van der Waals surface area contributed by atoms with Crippen LogP contribution in [0.2, 0.25) is 0 Å². The lowest BCUT2D eigenvalue weighted by Gasteiger charge is -2.02. The number of hydrogen-bond donors (Lipinski definition) is 2. The first-order chi connectivity index (χ1) is 6.31. The molecule has 0 bridgehead atoms. The van der Waals surface area contributed by atoms with E-state index in [1.54, 1.807) is 0 Å². The van der Waals surface area contributed by atoms with Gasteiger partial charge in [-0.3, -0.25) is 0 Å². The number of aromatic amines is 1. The van der Waals surface area contributed by atoms with Gasteiger partial charge in [-0.25, -0.2) is 4.98 Å². The molecule has 0 spiro atoms. The fourth-order valence-corrected chi connectivity index (χ4v) is 2.32. The maximum absolute atomic E-state index is 8.97. The number of rotatable bonds is 2. The lowest BCUT2D eigenvalue weighted by Crippen LogP contribution is -1.95. The standard InChI is InChI=1S/C9H13BrN2O/c10-8-7(5-13)11-9(12-8)6-3-1-2-4-6/h6,13H,1-5H2,(H,11,12). The molecule has 2 rings (SSSR count). The molecule has 3 nitrogen and oxygen atoms in total. The summed E-state index contributed by atoms with van der Waals surface area (Å²) in [6.07, 6.45) is 5.06. The SMILES string of the molecule is OCc1[nH]c(C2CCCC2)nc1Br. The summed E-state index contributed by atoms with van der Waals surface area (Å²) in [6.45, 7) is 0.0281. The highest BCUT2D eigenvalue weighted by molar-refractivity contribution is 9.10. The molecule has 1 aliphatic rings. The Balaban J connectivity index is 2.20. The summed E-state index contributed by atoms with van der Waals surface area (Å²) in [5.74, 6) is 1.62. The van der Waals surface area contributed by atoms with Gasteiger partial charge >= 0.3 is 0 Å². The third-order valence-corrected chi connectivity index (χ3v) is 3.30. The minimum atomic E-state index is 0.0281. The fourth-order valence-electron chi connectivity index (χ4n) is 1.90. The van der Waals surface area contributed by atoms with E-state index in [0.717, 1.165) is 16.1 Å². The molecule has 72 valence electrons. The highest BCUT2D eigenvalue weighted by atomic mass is 79.9. The number of H-pyrrole nitrogens is 1. The van der Waals surface area contributed by atoms with Crippen molar-refractivity contribution >= 4 is 15.9 Å². The van der Waals surface area contributed by atoms with Crippen LogP contribution in [0.1, 0.15) is 43.1 Å². The largest absolute Gasteiger partial charge is 0.390 e. The molecule has 0 atom stereocenters.